The van der Waals surface area contributed by atoms with Crippen molar-refractivity contribution in [2.45, 2.75) is 73.1 Å². The van der Waals surface area contributed by atoms with Crippen molar-refractivity contribution in [2.24, 2.45) is 0 Å². The highest BCUT2D eigenvalue weighted by Crippen LogP contribution is 2.22. The summed E-state index contributed by atoms with van der Waals surface area (Å²) >= 11 is 0. The Balaban J connectivity index is 4.77. The van der Waals surface area contributed by atoms with E-state index in [9.17, 15) is 0 Å². The van der Waals surface area contributed by atoms with Gasteiger partial charge in [0.15, 0.2) is 0 Å². The summed E-state index contributed by atoms with van der Waals surface area (Å²) in [5.41, 5.74) is 1.58. The summed E-state index contributed by atoms with van der Waals surface area (Å²) in [5, 5.41) is 0. The van der Waals surface area contributed by atoms with E-state index in [1.165, 1.54) is 62.6 Å². The number of unbranched alkanes of at least 4 members (excludes halogenated alkanes) is 3. The van der Waals surface area contributed by atoms with Crippen molar-refractivity contribution in [3.8, 4) is 0 Å². The van der Waals surface area contributed by atoms with Gasteiger partial charge in [-0.25, -0.2) is 0 Å². The first kappa shape index (κ1) is 16.7. The van der Waals surface area contributed by atoms with Crippen LogP contribution in [0.3, 0.4) is 0 Å². The Morgan fingerprint density at radius 2 is 1.18 bits per heavy atom. The Morgan fingerprint density at radius 3 is 1.41 bits per heavy atom. The zero-order valence-electron chi connectivity index (χ0n) is 12.9. The predicted octanol–water partition coefficient (Wildman–Crippen LogP) is 5.13. The third kappa shape index (κ3) is 5.72. The van der Waals surface area contributed by atoms with Gasteiger partial charge in [-0.2, -0.15) is 0 Å². The highest BCUT2D eigenvalue weighted by molar-refractivity contribution is 4.86. The number of hydrogen-bond donors (Lipinski definition) is 0. The number of hydrogen-bond acceptors (Lipinski definition) is 0. The molecule has 0 aliphatic rings. The van der Waals surface area contributed by atoms with Gasteiger partial charge < -0.3 is 0 Å². The van der Waals surface area contributed by atoms with Gasteiger partial charge in [-0.15, -0.1) is 0 Å². The lowest BCUT2D eigenvalue weighted by molar-refractivity contribution is -0.893. The van der Waals surface area contributed by atoms with Gasteiger partial charge in [0.05, 0.1) is 19.6 Å². The average molecular weight is 240 g/mol. The molecule has 0 N–H and O–H groups in total. The largest absolute Gasteiger partial charge is 0.295 e. The van der Waals surface area contributed by atoms with Crippen molar-refractivity contribution < 1.29 is 4.48 Å². The molecule has 0 bridgehead atoms. The van der Waals surface area contributed by atoms with Gasteiger partial charge in [-0.3, -0.25) is 4.48 Å². The molecule has 0 unspecified atom stereocenters. The van der Waals surface area contributed by atoms with E-state index in [1.807, 2.05) is 0 Å². The van der Waals surface area contributed by atoms with Crippen molar-refractivity contribution in [1.29, 1.82) is 0 Å². The normalized spacial score (nSPS) is 13.1. The minimum Gasteiger partial charge on any atom is -0.295 e. The molecule has 0 spiro atoms. The molecule has 0 aliphatic carbocycles. The second-order valence-electron chi connectivity index (χ2n) is 5.31. The third-order valence-electron chi connectivity index (χ3n) is 3.99. The maximum Gasteiger partial charge on any atom is 0.101 e. The van der Waals surface area contributed by atoms with Crippen LogP contribution >= 0.6 is 0 Å². The lowest BCUT2D eigenvalue weighted by atomic mass is 10.1. The fraction of sp³-hybridized carbons (Fsp3) is 0.875. The highest BCUT2D eigenvalue weighted by atomic mass is 15.4. The minimum absolute atomic E-state index is 1.26. The fourth-order valence-corrected chi connectivity index (χ4v) is 2.52. The van der Waals surface area contributed by atoms with E-state index in [0.717, 1.165) is 0 Å². The summed E-state index contributed by atoms with van der Waals surface area (Å²) in [6, 6.07) is 0. The minimum atomic E-state index is 1.26. The van der Waals surface area contributed by atoms with E-state index >= 15 is 0 Å². The predicted molar refractivity (Wildman–Crippen MR) is 79.0 cm³/mol. The molecule has 0 fully saturated rings. The maximum absolute atomic E-state index is 2.33. The van der Waals surface area contributed by atoms with E-state index in [1.54, 1.807) is 5.70 Å². The molecule has 0 rings (SSSR count). The van der Waals surface area contributed by atoms with Gasteiger partial charge in [0.25, 0.3) is 0 Å². The van der Waals surface area contributed by atoms with Crippen molar-refractivity contribution in [3.63, 3.8) is 0 Å². The summed E-state index contributed by atoms with van der Waals surface area (Å²) in [5.74, 6) is 0. The van der Waals surface area contributed by atoms with Crippen molar-refractivity contribution in [2.75, 3.05) is 19.6 Å². The molecule has 0 amide bonds. The molecule has 1 nitrogen and oxygen atoms in total. The summed E-state index contributed by atoms with van der Waals surface area (Å²) in [7, 11) is 0. The quantitative estimate of drug-likeness (QED) is 0.465. The lowest BCUT2D eigenvalue weighted by Gasteiger charge is -2.39. The molecule has 102 valence electrons. The second-order valence-corrected chi connectivity index (χ2v) is 5.31. The monoisotopic (exact) mass is 240 g/mol. The topological polar surface area (TPSA) is 0 Å². The van der Waals surface area contributed by atoms with E-state index in [2.05, 4.69) is 40.7 Å². The SMILES string of the molecule is CC=C(C)[N+](CCCC)(CCCC)CCCC. The van der Waals surface area contributed by atoms with Crippen LogP contribution in [0, 0.1) is 0 Å². The summed E-state index contributed by atoms with van der Waals surface area (Å²) in [4.78, 5) is 0. The summed E-state index contributed by atoms with van der Waals surface area (Å²) in [6.07, 6.45) is 10.4. The van der Waals surface area contributed by atoms with E-state index < -0.39 is 0 Å². The fourth-order valence-electron chi connectivity index (χ4n) is 2.52. The molecule has 0 saturated heterocycles. The van der Waals surface area contributed by atoms with Gasteiger partial charge in [-0.1, -0.05) is 40.0 Å². The van der Waals surface area contributed by atoms with Gasteiger partial charge >= 0.3 is 0 Å². The zero-order valence-corrected chi connectivity index (χ0v) is 12.9. The smallest absolute Gasteiger partial charge is 0.101 e. The van der Waals surface area contributed by atoms with Gasteiger partial charge in [0, 0.05) is 6.92 Å². The second kappa shape index (κ2) is 9.70. The first-order valence-corrected chi connectivity index (χ1v) is 7.66. The number of rotatable bonds is 10. The molecule has 0 radical (unpaired) electrons. The van der Waals surface area contributed by atoms with Crippen LogP contribution in [0.5, 0.6) is 0 Å². The van der Waals surface area contributed by atoms with Gasteiger partial charge in [0.2, 0.25) is 0 Å². The van der Waals surface area contributed by atoms with E-state index in [4.69, 9.17) is 0 Å². The summed E-state index contributed by atoms with van der Waals surface area (Å²) in [6.45, 7) is 15.5. The third-order valence-corrected chi connectivity index (χ3v) is 3.99. The van der Waals surface area contributed by atoms with Crippen LogP contribution in [-0.4, -0.2) is 24.1 Å². The lowest BCUT2D eigenvalue weighted by Crippen LogP contribution is -2.48. The van der Waals surface area contributed by atoms with E-state index in [-0.39, 0.29) is 0 Å². The van der Waals surface area contributed by atoms with Crippen molar-refractivity contribution >= 4 is 0 Å². The Bertz CT molecular complexity index is 184. The molecular weight excluding hydrogens is 206 g/mol. The van der Waals surface area contributed by atoms with Crippen molar-refractivity contribution in [1.82, 2.24) is 0 Å². The molecule has 0 atom stereocenters. The van der Waals surface area contributed by atoms with Crippen LogP contribution in [0.2, 0.25) is 0 Å². The van der Waals surface area contributed by atoms with Gasteiger partial charge in [0.1, 0.15) is 5.70 Å². The zero-order chi connectivity index (χ0) is 13.1. The van der Waals surface area contributed by atoms with Crippen LogP contribution in [-0.2, 0) is 0 Å². The molecule has 0 saturated carbocycles. The standard InChI is InChI=1S/C16H34N/c1-6-10-13-17(14-11-7-2,15-12-8-3)16(5)9-4/h9H,6-8,10-15H2,1-5H3/q+1. The Morgan fingerprint density at radius 1 is 0.824 bits per heavy atom. The van der Waals surface area contributed by atoms with Crippen LogP contribution < -0.4 is 0 Å². The first-order valence-electron chi connectivity index (χ1n) is 7.66. The molecule has 0 aromatic carbocycles. The molecule has 0 aromatic heterocycles. The Hall–Kier alpha value is -0.300. The molecule has 0 heterocycles. The maximum atomic E-state index is 2.33. The van der Waals surface area contributed by atoms with Crippen LogP contribution in [0.25, 0.3) is 0 Å². The average Bonchev–Trinajstić information content (AvgIpc) is 2.37. The molecule has 0 aliphatic heterocycles. The van der Waals surface area contributed by atoms with Crippen LogP contribution in [0.4, 0.5) is 0 Å². The van der Waals surface area contributed by atoms with E-state index in [0.29, 0.717) is 0 Å². The van der Waals surface area contributed by atoms with Gasteiger partial charge in [-0.05, 0) is 32.3 Å². The van der Waals surface area contributed by atoms with Crippen molar-refractivity contribution in [3.05, 3.63) is 11.8 Å². The molecule has 0 aromatic rings. The van der Waals surface area contributed by atoms with Crippen LogP contribution in [0.1, 0.15) is 73.1 Å². The molecular formula is C16H34N+. The molecule has 17 heavy (non-hydrogen) atoms. The number of nitrogens with zero attached hydrogens (tertiary/aromatic N) is 1. The Labute approximate surface area is 109 Å². The molecule has 1 heteroatoms. The Kier molecular flexibility index (Phi) is 9.53. The number of allylic oxidation sites excluding steroid dienone is 2. The highest BCUT2D eigenvalue weighted by Gasteiger charge is 2.27. The van der Waals surface area contributed by atoms with Crippen LogP contribution in [0.15, 0.2) is 11.8 Å². The first-order chi connectivity index (χ1) is 8.16. The summed E-state index contributed by atoms with van der Waals surface area (Å²) < 4.78 is 1.26. The number of quaternary nitrogens is 1.